The summed E-state index contributed by atoms with van der Waals surface area (Å²) in [4.78, 5) is 36.7. The molecule has 0 radical (unpaired) electrons. The van der Waals surface area contributed by atoms with Crippen LogP contribution in [0.4, 0.5) is 9.59 Å². The van der Waals surface area contributed by atoms with Gasteiger partial charge in [-0.15, -0.1) is 0 Å². The number of hydrogen-bond acceptors (Lipinski definition) is 11. The van der Waals surface area contributed by atoms with E-state index in [-0.39, 0.29) is 93.8 Å². The van der Waals surface area contributed by atoms with Gasteiger partial charge < -0.3 is 29.9 Å². The molecular formula is C42H74N4O11S2Ti. The van der Waals surface area contributed by atoms with E-state index in [9.17, 15) is 22.8 Å². The maximum absolute atomic E-state index is 11.8. The third-order valence-corrected chi connectivity index (χ3v) is 8.43. The van der Waals surface area contributed by atoms with Gasteiger partial charge in [0.05, 0.1) is 52.4 Å². The molecule has 2 aromatic carbocycles. The number of amides is 2. The molecule has 2 heterocycles. The van der Waals surface area contributed by atoms with Crippen molar-refractivity contribution in [3.05, 3.63) is 71.8 Å². The Hall–Kier alpha value is -2.87. The fourth-order valence-electron chi connectivity index (χ4n) is 2.97. The Labute approximate surface area is 379 Å². The van der Waals surface area contributed by atoms with Crippen LogP contribution in [0.5, 0.6) is 0 Å². The summed E-state index contributed by atoms with van der Waals surface area (Å²) < 4.78 is 35.9. The van der Waals surface area contributed by atoms with Gasteiger partial charge in [-0.25, -0.2) is 18.0 Å². The van der Waals surface area contributed by atoms with Crippen LogP contribution in [0.3, 0.4) is 0 Å². The van der Waals surface area contributed by atoms with Crippen LogP contribution in [0.2, 0.25) is 0 Å². The number of carbonyl (C=O) groups is 3. The summed E-state index contributed by atoms with van der Waals surface area (Å²) in [5, 5.41) is 37.3. The standard InChI is InChI=1S/C15H20N2O3S.C11H11NO3.C4H11NOS.4C3H8O.Ti/c1-15(2,3)21(19)16-13-9-17(10-13)14(18)20-11-12-7-5-4-6-8-12;13-10-6-12(7-10)11(14)15-8-9-4-2-1-3-5-9;1-4(2,3)7(5)6;4*1-3(2)4;/h4-8H,9-11H2,1-3H3;1-5H,6-8H2;5H2,1-3H3;4*3-4H,1-2H3;. The monoisotopic (exact) mass is 922 g/mol. The second-order valence-corrected chi connectivity index (χ2v) is 19.9. The van der Waals surface area contributed by atoms with E-state index < -0.39 is 28.1 Å². The second-order valence-electron chi connectivity index (χ2n) is 16.1. The Bertz CT molecular complexity index is 1470. The topological polar surface area (TPSA) is 230 Å². The number of carbonyl (C=O) groups excluding carboxylic acids is 3. The Morgan fingerprint density at radius 1 is 0.633 bits per heavy atom. The van der Waals surface area contributed by atoms with E-state index in [1.54, 1.807) is 60.3 Å². The molecule has 2 unspecified atom stereocenters. The van der Waals surface area contributed by atoms with Crippen molar-refractivity contribution in [2.75, 3.05) is 26.2 Å². The number of ether oxygens (including phenoxy) is 2. The maximum atomic E-state index is 11.8. The van der Waals surface area contributed by atoms with Crippen LogP contribution in [0.25, 0.3) is 0 Å². The van der Waals surface area contributed by atoms with Crippen LogP contribution in [0.15, 0.2) is 65.1 Å². The molecular weight excluding hydrogens is 848 g/mol. The number of nitrogens with two attached hydrogens (primary N) is 1. The van der Waals surface area contributed by atoms with Gasteiger partial charge in [0, 0.05) is 46.1 Å². The van der Waals surface area contributed by atoms with E-state index in [1.807, 2.05) is 102 Å². The van der Waals surface area contributed by atoms with E-state index in [0.717, 1.165) is 16.8 Å². The predicted molar refractivity (Wildman–Crippen MR) is 238 cm³/mol. The molecule has 0 aromatic heterocycles. The van der Waals surface area contributed by atoms with Gasteiger partial charge >= 0.3 is 12.2 Å². The van der Waals surface area contributed by atoms with Gasteiger partial charge in [0.2, 0.25) is 0 Å². The van der Waals surface area contributed by atoms with Crippen LogP contribution in [-0.2, 0) is 71.2 Å². The predicted octanol–water partition coefficient (Wildman–Crippen LogP) is 5.70. The fourth-order valence-corrected chi connectivity index (χ4v) is 3.59. The number of Topliss-reactive ketones (excluding diaryl/α,β-unsaturated/α-hetero) is 1. The summed E-state index contributed by atoms with van der Waals surface area (Å²) in [6, 6.07) is 19.0. The zero-order chi connectivity index (χ0) is 46.5. The number of benzene rings is 2. The van der Waals surface area contributed by atoms with Crippen molar-refractivity contribution < 1.29 is 74.4 Å². The van der Waals surface area contributed by atoms with E-state index in [0.29, 0.717) is 13.1 Å². The van der Waals surface area contributed by atoms with Crippen LogP contribution >= 0.6 is 0 Å². The van der Waals surface area contributed by atoms with Crippen molar-refractivity contribution in [2.45, 2.75) is 144 Å². The van der Waals surface area contributed by atoms with Crippen LogP contribution < -0.4 is 5.14 Å². The third kappa shape index (κ3) is 40.5. The van der Waals surface area contributed by atoms with E-state index in [4.69, 9.17) is 35.0 Å². The SMILES string of the molecule is CC(C)(C)S(=O)N=C1CN(C(=O)OCc2ccccc2)C1.CC(C)(C)S(N)=O.CC(C)O.CC(C)O.CC(C)O.CC(C)O.O=C1CN(C(=O)OCc2ccccc2)C1.[Ti]. The minimum Gasteiger partial charge on any atom is -0.445 e. The largest absolute Gasteiger partial charge is 0.445 e. The van der Waals surface area contributed by atoms with Crippen LogP contribution in [-0.4, -0.2) is 122 Å². The van der Waals surface area contributed by atoms with Crippen LogP contribution in [0.1, 0.15) is 108 Å². The van der Waals surface area contributed by atoms with Crippen molar-refractivity contribution in [1.82, 2.24) is 9.80 Å². The zero-order valence-electron chi connectivity index (χ0n) is 38.2. The summed E-state index contributed by atoms with van der Waals surface area (Å²) in [6.07, 6.45) is -1.45. The van der Waals surface area contributed by atoms with E-state index in [2.05, 4.69) is 4.40 Å². The van der Waals surface area contributed by atoms with Gasteiger partial charge in [0.15, 0.2) is 5.78 Å². The second kappa shape index (κ2) is 34.7. The molecule has 2 saturated heterocycles. The first-order valence-corrected chi connectivity index (χ1v) is 21.6. The molecule has 2 atom stereocenters. The summed E-state index contributed by atoms with van der Waals surface area (Å²) in [5.74, 6) is 0.0756. The molecule has 4 rings (SSSR count). The van der Waals surface area contributed by atoms with Crippen molar-refractivity contribution in [2.24, 2.45) is 9.54 Å². The Morgan fingerprint density at radius 2 is 0.900 bits per heavy atom. The summed E-state index contributed by atoms with van der Waals surface area (Å²) in [6.45, 7) is 26.6. The molecule has 0 aliphatic carbocycles. The molecule has 18 heteroatoms. The molecule has 6 N–H and O–H groups in total. The average Bonchev–Trinajstić information content (AvgIpc) is 3.05. The number of aliphatic hydroxyl groups excluding tert-OH is 4. The summed E-state index contributed by atoms with van der Waals surface area (Å²) in [7, 11) is -2.45. The van der Waals surface area contributed by atoms with E-state index >= 15 is 0 Å². The average molecular weight is 923 g/mol. The maximum Gasteiger partial charge on any atom is 0.410 e. The number of aliphatic hydroxyl groups is 4. The molecule has 2 fully saturated rings. The number of hydrogen-bond donors (Lipinski definition) is 5. The van der Waals surface area contributed by atoms with E-state index in [1.165, 1.54) is 4.90 Å². The number of ketones is 1. The smallest absolute Gasteiger partial charge is 0.410 e. The van der Waals surface area contributed by atoms with Crippen molar-refractivity contribution in [1.29, 1.82) is 0 Å². The molecule has 2 amide bonds. The van der Waals surface area contributed by atoms with Crippen molar-refractivity contribution in [3.8, 4) is 0 Å². The van der Waals surface area contributed by atoms with Gasteiger partial charge in [-0.1, -0.05) is 60.7 Å². The van der Waals surface area contributed by atoms with Gasteiger partial charge in [-0.2, -0.15) is 4.40 Å². The van der Waals surface area contributed by atoms with Crippen LogP contribution in [0, 0.1) is 0 Å². The first-order valence-electron chi connectivity index (χ1n) is 19.3. The molecule has 2 aliphatic rings. The molecule has 0 bridgehead atoms. The molecule has 2 aromatic rings. The molecule has 344 valence electrons. The summed E-state index contributed by atoms with van der Waals surface area (Å²) in [5.41, 5.74) is 2.67. The number of nitrogens with zero attached hydrogens (tertiary/aromatic N) is 3. The first-order chi connectivity index (χ1) is 27.0. The Balaban J connectivity index is -0.000000349. The molecule has 60 heavy (non-hydrogen) atoms. The zero-order valence-corrected chi connectivity index (χ0v) is 41.4. The van der Waals surface area contributed by atoms with Crippen molar-refractivity contribution in [3.63, 3.8) is 0 Å². The quantitative estimate of drug-likeness (QED) is 0.228. The Morgan fingerprint density at radius 3 is 1.13 bits per heavy atom. The minimum atomic E-state index is -1.27. The van der Waals surface area contributed by atoms with Crippen molar-refractivity contribution >= 4 is 45.7 Å². The normalized spacial score (nSPS) is 13.7. The fraction of sp³-hybridized carbons (Fsp3) is 0.619. The number of likely N-dealkylation sites (tertiary alicyclic amines) is 2. The first kappa shape index (κ1) is 63.8. The third-order valence-electron chi connectivity index (χ3n) is 5.75. The van der Waals surface area contributed by atoms with Gasteiger partial charge in [0.1, 0.15) is 24.2 Å². The molecule has 0 saturated carbocycles. The molecule has 0 spiro atoms. The molecule has 2 aliphatic heterocycles. The van der Waals surface area contributed by atoms with Gasteiger partial charge in [-0.3, -0.25) is 19.7 Å². The molecule has 15 nitrogen and oxygen atoms in total. The Kier molecular flexibility index (Phi) is 36.9. The number of rotatable bonds is 5. The van der Waals surface area contributed by atoms with Gasteiger partial charge in [-0.05, 0) is 108 Å². The van der Waals surface area contributed by atoms with Gasteiger partial charge in [0.25, 0.3) is 0 Å². The minimum absolute atomic E-state index is 0. The summed E-state index contributed by atoms with van der Waals surface area (Å²) >= 11 is 0.